The lowest BCUT2D eigenvalue weighted by Crippen LogP contribution is -2.08. The van der Waals surface area contributed by atoms with Crippen LogP contribution in [0.4, 0.5) is 8.78 Å². The number of nitrogens with two attached hydrogens (primary N) is 1. The van der Waals surface area contributed by atoms with Gasteiger partial charge in [0.2, 0.25) is 0 Å². The Morgan fingerprint density at radius 1 is 1.41 bits per heavy atom. The molecule has 0 amide bonds. The Morgan fingerprint density at radius 3 is 2.76 bits per heavy atom. The molecule has 0 aliphatic carbocycles. The fourth-order valence-corrected chi connectivity index (χ4v) is 1.52. The van der Waals surface area contributed by atoms with Gasteiger partial charge in [-0.05, 0) is 12.1 Å². The van der Waals surface area contributed by atoms with E-state index in [9.17, 15) is 8.78 Å². The lowest BCUT2D eigenvalue weighted by molar-refractivity contribution is 0.465. The predicted molar refractivity (Wildman–Crippen MR) is 59.0 cm³/mol. The van der Waals surface area contributed by atoms with Gasteiger partial charge in [0.25, 0.3) is 0 Å². The van der Waals surface area contributed by atoms with Crippen molar-refractivity contribution in [3.05, 3.63) is 40.7 Å². The van der Waals surface area contributed by atoms with E-state index in [1.54, 1.807) is 6.07 Å². The van der Waals surface area contributed by atoms with Crippen molar-refractivity contribution >= 4 is 11.6 Å². The maximum absolute atomic E-state index is 13.3. The lowest BCUT2D eigenvalue weighted by Gasteiger charge is -2.04. The molecule has 4 nitrogen and oxygen atoms in total. The first-order chi connectivity index (χ1) is 8.15. The van der Waals surface area contributed by atoms with Gasteiger partial charge >= 0.3 is 0 Å². The molecule has 2 N–H and O–H groups in total. The van der Waals surface area contributed by atoms with E-state index >= 15 is 0 Å². The van der Waals surface area contributed by atoms with Crippen LogP contribution in [0.5, 0.6) is 0 Å². The summed E-state index contributed by atoms with van der Waals surface area (Å²) in [5, 5.41) is 3.89. The summed E-state index contributed by atoms with van der Waals surface area (Å²) in [5.41, 5.74) is 5.86. The van der Waals surface area contributed by atoms with Crippen LogP contribution in [0.2, 0.25) is 5.02 Å². The Kier molecular flexibility index (Phi) is 3.35. The van der Waals surface area contributed by atoms with Crippen molar-refractivity contribution in [1.82, 2.24) is 14.8 Å². The minimum Gasteiger partial charge on any atom is -0.324 e. The third-order valence-electron chi connectivity index (χ3n) is 2.17. The van der Waals surface area contributed by atoms with Crippen LogP contribution in [0.3, 0.4) is 0 Å². The second-order valence-corrected chi connectivity index (χ2v) is 3.70. The molecule has 1 heterocycles. The summed E-state index contributed by atoms with van der Waals surface area (Å²) in [5.74, 6) is -0.204. The first-order valence-corrected chi connectivity index (χ1v) is 5.19. The molecule has 0 saturated carbocycles. The number of aromatic nitrogens is 3. The fourth-order valence-electron chi connectivity index (χ4n) is 1.40. The van der Waals surface area contributed by atoms with Crippen molar-refractivity contribution in [2.75, 3.05) is 0 Å². The summed E-state index contributed by atoms with van der Waals surface area (Å²) < 4.78 is 27.0. The van der Waals surface area contributed by atoms with Crippen molar-refractivity contribution in [3.63, 3.8) is 0 Å². The maximum atomic E-state index is 13.3. The van der Waals surface area contributed by atoms with E-state index in [1.165, 1.54) is 16.8 Å². The highest BCUT2D eigenvalue weighted by molar-refractivity contribution is 6.30. The molecule has 1 aromatic heterocycles. The molecule has 0 atom stereocenters. The second-order valence-electron chi connectivity index (χ2n) is 3.29. The molecule has 0 aliphatic heterocycles. The maximum Gasteiger partial charge on any atom is 0.182 e. The van der Waals surface area contributed by atoms with E-state index in [1.807, 2.05) is 0 Å². The Bertz CT molecular complexity index is 541. The monoisotopic (exact) mass is 258 g/mol. The molecule has 2 rings (SSSR count). The fraction of sp³-hybridized carbons (Fsp3) is 0.200. The Morgan fingerprint density at radius 2 is 2.18 bits per heavy atom. The van der Waals surface area contributed by atoms with Gasteiger partial charge in [-0.3, -0.25) is 0 Å². The average Bonchev–Trinajstić information content (AvgIpc) is 2.76. The van der Waals surface area contributed by atoms with Crippen LogP contribution in [0.1, 0.15) is 11.6 Å². The number of benzene rings is 1. The molecule has 0 unspecified atom stereocenters. The zero-order valence-electron chi connectivity index (χ0n) is 8.70. The Labute approximate surface area is 101 Å². The van der Waals surface area contributed by atoms with Crippen LogP contribution in [0.25, 0.3) is 5.69 Å². The molecule has 7 heteroatoms. The van der Waals surface area contributed by atoms with Gasteiger partial charge in [-0.2, -0.15) is 0 Å². The number of hydrogen-bond acceptors (Lipinski definition) is 3. The van der Waals surface area contributed by atoms with Gasteiger partial charge in [0, 0.05) is 6.07 Å². The van der Waals surface area contributed by atoms with Crippen LogP contribution in [-0.2, 0) is 13.2 Å². The summed E-state index contributed by atoms with van der Waals surface area (Å²) in [6.07, 6.45) is 0. The van der Waals surface area contributed by atoms with E-state index in [0.29, 0.717) is 11.5 Å². The number of alkyl halides is 1. The molecule has 0 radical (unpaired) electrons. The van der Waals surface area contributed by atoms with Crippen LogP contribution in [0.15, 0.2) is 18.2 Å². The molecule has 0 fully saturated rings. The van der Waals surface area contributed by atoms with Gasteiger partial charge in [-0.25, -0.2) is 18.4 Å². The van der Waals surface area contributed by atoms with Crippen molar-refractivity contribution in [3.8, 4) is 5.69 Å². The summed E-state index contributed by atoms with van der Waals surface area (Å²) in [6.45, 7) is -0.715. The number of nitrogens with zero attached hydrogens (tertiary/aromatic N) is 3. The van der Waals surface area contributed by atoms with E-state index in [0.717, 1.165) is 0 Å². The predicted octanol–water partition coefficient (Wildman–Crippen LogP) is 1.99. The third kappa shape index (κ3) is 2.27. The van der Waals surface area contributed by atoms with E-state index in [-0.39, 0.29) is 17.4 Å². The van der Waals surface area contributed by atoms with Crippen LogP contribution < -0.4 is 5.73 Å². The van der Waals surface area contributed by atoms with Crippen molar-refractivity contribution in [2.45, 2.75) is 13.2 Å². The van der Waals surface area contributed by atoms with E-state index in [2.05, 4.69) is 10.1 Å². The largest absolute Gasteiger partial charge is 0.324 e. The molecule has 0 aliphatic rings. The molecule has 2 aromatic rings. The van der Waals surface area contributed by atoms with E-state index in [4.69, 9.17) is 17.3 Å². The zero-order chi connectivity index (χ0) is 12.4. The molecular formula is C10H9ClF2N4. The van der Waals surface area contributed by atoms with E-state index < -0.39 is 12.5 Å². The van der Waals surface area contributed by atoms with Crippen LogP contribution in [-0.4, -0.2) is 14.8 Å². The van der Waals surface area contributed by atoms with Crippen LogP contribution in [0, 0.1) is 5.82 Å². The summed E-state index contributed by atoms with van der Waals surface area (Å²) in [7, 11) is 0. The van der Waals surface area contributed by atoms with Crippen LogP contribution >= 0.6 is 11.6 Å². The molecule has 0 saturated heterocycles. The van der Waals surface area contributed by atoms with Gasteiger partial charge < -0.3 is 5.73 Å². The van der Waals surface area contributed by atoms with Gasteiger partial charge in [-0.1, -0.05) is 11.6 Å². The van der Waals surface area contributed by atoms with Crippen molar-refractivity contribution in [1.29, 1.82) is 0 Å². The van der Waals surface area contributed by atoms with Gasteiger partial charge in [0.05, 0.1) is 17.3 Å². The molecule has 1 aromatic carbocycles. The highest BCUT2D eigenvalue weighted by Gasteiger charge is 2.11. The number of halogens is 3. The van der Waals surface area contributed by atoms with Gasteiger partial charge in [0.1, 0.15) is 11.6 Å². The zero-order valence-corrected chi connectivity index (χ0v) is 9.46. The summed E-state index contributed by atoms with van der Waals surface area (Å²) in [4.78, 5) is 3.87. The SMILES string of the molecule is NCc1nc(CF)nn1-c1ccc(Cl)c(F)c1. The van der Waals surface area contributed by atoms with Crippen molar-refractivity contribution in [2.24, 2.45) is 5.73 Å². The third-order valence-corrected chi connectivity index (χ3v) is 2.47. The summed E-state index contributed by atoms with van der Waals surface area (Å²) >= 11 is 5.57. The topological polar surface area (TPSA) is 56.7 Å². The van der Waals surface area contributed by atoms with Gasteiger partial charge in [0.15, 0.2) is 12.5 Å². The summed E-state index contributed by atoms with van der Waals surface area (Å²) in [6, 6.07) is 4.14. The minimum atomic E-state index is -0.796. The lowest BCUT2D eigenvalue weighted by atomic mass is 10.3. The first kappa shape index (κ1) is 11.9. The Hall–Kier alpha value is -1.53. The standard InChI is InChI=1S/C10H9ClF2N4/c11-7-2-1-6(3-8(7)13)17-10(5-14)15-9(4-12)16-17/h1-3H,4-5,14H2. The smallest absolute Gasteiger partial charge is 0.182 e. The molecular weight excluding hydrogens is 250 g/mol. The van der Waals surface area contributed by atoms with Crippen molar-refractivity contribution < 1.29 is 8.78 Å². The normalized spacial score (nSPS) is 10.8. The Balaban J connectivity index is 2.51. The average molecular weight is 259 g/mol. The number of rotatable bonds is 3. The molecule has 90 valence electrons. The van der Waals surface area contributed by atoms with Gasteiger partial charge in [-0.15, -0.1) is 5.10 Å². The minimum absolute atomic E-state index is 0.00822. The molecule has 0 bridgehead atoms. The quantitative estimate of drug-likeness (QED) is 0.916. The highest BCUT2D eigenvalue weighted by Crippen LogP contribution is 2.18. The molecule has 0 spiro atoms. The highest BCUT2D eigenvalue weighted by atomic mass is 35.5. The number of hydrogen-bond donors (Lipinski definition) is 1. The second kappa shape index (κ2) is 4.77. The molecule has 17 heavy (non-hydrogen) atoms. The first-order valence-electron chi connectivity index (χ1n) is 4.82.